The quantitative estimate of drug-likeness (QED) is 0.613. The van der Waals surface area contributed by atoms with Gasteiger partial charge in [0, 0.05) is 19.5 Å². The Morgan fingerprint density at radius 2 is 1.95 bits per heavy atom. The van der Waals surface area contributed by atoms with Crippen LogP contribution in [0.5, 0.6) is 0 Å². The van der Waals surface area contributed by atoms with Gasteiger partial charge >= 0.3 is 12.1 Å². The van der Waals surface area contributed by atoms with E-state index in [9.17, 15) is 14.4 Å². The minimum absolute atomic E-state index is 0.0844. The van der Waals surface area contributed by atoms with Crippen LogP contribution in [-0.2, 0) is 19.1 Å². The fourth-order valence-electron chi connectivity index (χ4n) is 2.33. The average molecular weight is 314 g/mol. The monoisotopic (exact) mass is 314 g/mol. The van der Waals surface area contributed by atoms with E-state index < -0.39 is 17.7 Å². The van der Waals surface area contributed by atoms with E-state index in [1.54, 1.807) is 25.7 Å². The van der Waals surface area contributed by atoms with Gasteiger partial charge in [-0.15, -0.1) is 0 Å². The lowest BCUT2D eigenvalue weighted by molar-refractivity contribution is -0.151. The van der Waals surface area contributed by atoms with E-state index in [4.69, 9.17) is 9.47 Å². The van der Waals surface area contributed by atoms with Gasteiger partial charge in [-0.1, -0.05) is 0 Å². The number of esters is 1. The van der Waals surface area contributed by atoms with Crippen molar-refractivity contribution >= 4 is 18.0 Å². The third kappa shape index (κ3) is 5.91. The largest absolute Gasteiger partial charge is 0.467 e. The van der Waals surface area contributed by atoms with Crippen LogP contribution in [0.25, 0.3) is 0 Å². The van der Waals surface area contributed by atoms with Crippen molar-refractivity contribution in [3.63, 3.8) is 0 Å². The smallest absolute Gasteiger partial charge is 0.407 e. The van der Waals surface area contributed by atoms with Gasteiger partial charge in [0.1, 0.15) is 11.6 Å². The van der Waals surface area contributed by atoms with Gasteiger partial charge in [-0.25, -0.2) is 9.59 Å². The van der Waals surface area contributed by atoms with Crippen molar-refractivity contribution in [2.45, 2.75) is 58.1 Å². The number of nitrogens with one attached hydrogen (secondary N) is 1. The molecule has 1 fully saturated rings. The summed E-state index contributed by atoms with van der Waals surface area (Å²) in [7, 11) is 1.33. The van der Waals surface area contributed by atoms with Gasteiger partial charge in [0.2, 0.25) is 5.91 Å². The van der Waals surface area contributed by atoms with Gasteiger partial charge in [-0.2, -0.15) is 0 Å². The lowest BCUT2D eigenvalue weighted by atomic mass is 10.2. The maximum Gasteiger partial charge on any atom is 0.407 e. The second-order valence-corrected chi connectivity index (χ2v) is 6.30. The molecule has 7 nitrogen and oxygen atoms in total. The zero-order chi connectivity index (χ0) is 16.8. The Labute approximate surface area is 131 Å². The van der Waals surface area contributed by atoms with Crippen molar-refractivity contribution in [3.8, 4) is 0 Å². The molecule has 1 aliphatic heterocycles. The number of hydrogen-bond donors (Lipinski definition) is 1. The minimum atomic E-state index is -0.539. The van der Waals surface area contributed by atoms with Crippen LogP contribution in [0.2, 0.25) is 0 Å². The SMILES string of the molecule is COC(=O)[C@@H]1CCCN1C(=O)CCCNC(=O)OC(C)(C)C. The Hall–Kier alpha value is -1.79. The number of rotatable bonds is 5. The number of amides is 2. The molecule has 22 heavy (non-hydrogen) atoms. The maximum absolute atomic E-state index is 12.1. The third-order valence-electron chi connectivity index (χ3n) is 3.28. The molecule has 0 aromatic rings. The molecular weight excluding hydrogens is 288 g/mol. The summed E-state index contributed by atoms with van der Waals surface area (Å²) in [5.74, 6) is -0.448. The van der Waals surface area contributed by atoms with Crippen molar-refractivity contribution in [3.05, 3.63) is 0 Å². The predicted octanol–water partition coefficient (Wildman–Crippen LogP) is 1.46. The van der Waals surface area contributed by atoms with Gasteiger partial charge in [0.25, 0.3) is 0 Å². The first-order valence-electron chi connectivity index (χ1n) is 7.59. The van der Waals surface area contributed by atoms with Gasteiger partial charge in [0.15, 0.2) is 0 Å². The maximum atomic E-state index is 12.1. The summed E-state index contributed by atoms with van der Waals surface area (Å²) in [4.78, 5) is 36.7. The molecule has 2 amide bonds. The second-order valence-electron chi connectivity index (χ2n) is 6.30. The van der Waals surface area contributed by atoms with Crippen LogP contribution >= 0.6 is 0 Å². The highest BCUT2D eigenvalue weighted by molar-refractivity contribution is 5.85. The average Bonchev–Trinajstić information content (AvgIpc) is 2.90. The molecule has 0 spiro atoms. The molecule has 0 aromatic carbocycles. The molecule has 1 heterocycles. The van der Waals surface area contributed by atoms with E-state index in [1.807, 2.05) is 0 Å². The molecule has 7 heteroatoms. The van der Waals surface area contributed by atoms with E-state index in [0.29, 0.717) is 25.9 Å². The topological polar surface area (TPSA) is 84.9 Å². The van der Waals surface area contributed by atoms with Crippen molar-refractivity contribution < 1.29 is 23.9 Å². The van der Waals surface area contributed by atoms with Crippen LogP contribution in [-0.4, -0.2) is 54.7 Å². The number of carbonyl (C=O) groups is 3. The van der Waals surface area contributed by atoms with Crippen molar-refractivity contribution in [1.29, 1.82) is 0 Å². The van der Waals surface area contributed by atoms with Crippen molar-refractivity contribution in [2.24, 2.45) is 0 Å². The number of nitrogens with zero attached hydrogens (tertiary/aromatic N) is 1. The Morgan fingerprint density at radius 1 is 1.27 bits per heavy atom. The van der Waals surface area contributed by atoms with E-state index in [0.717, 1.165) is 6.42 Å². The summed E-state index contributed by atoms with van der Waals surface area (Å²) in [6.45, 7) is 6.30. The fourth-order valence-corrected chi connectivity index (χ4v) is 2.33. The van der Waals surface area contributed by atoms with Gasteiger partial charge < -0.3 is 19.7 Å². The molecule has 126 valence electrons. The number of methoxy groups -OCH3 is 1. The summed E-state index contributed by atoms with van der Waals surface area (Å²) < 4.78 is 9.81. The molecule has 0 saturated carbocycles. The highest BCUT2D eigenvalue weighted by atomic mass is 16.6. The Morgan fingerprint density at radius 3 is 2.55 bits per heavy atom. The zero-order valence-electron chi connectivity index (χ0n) is 13.8. The number of alkyl carbamates (subject to hydrolysis) is 1. The van der Waals surface area contributed by atoms with Crippen LogP contribution in [0.4, 0.5) is 4.79 Å². The fraction of sp³-hybridized carbons (Fsp3) is 0.800. The number of ether oxygens (including phenoxy) is 2. The van der Waals surface area contributed by atoms with Gasteiger partial charge in [0.05, 0.1) is 7.11 Å². The number of hydrogen-bond acceptors (Lipinski definition) is 5. The van der Waals surface area contributed by atoms with E-state index in [2.05, 4.69) is 5.32 Å². The first kappa shape index (κ1) is 18.3. The third-order valence-corrected chi connectivity index (χ3v) is 3.28. The highest BCUT2D eigenvalue weighted by Gasteiger charge is 2.34. The lowest BCUT2D eigenvalue weighted by Gasteiger charge is -2.23. The molecule has 1 saturated heterocycles. The number of likely N-dealkylation sites (tertiary alicyclic amines) is 1. The Bertz CT molecular complexity index is 417. The first-order valence-corrected chi connectivity index (χ1v) is 7.59. The summed E-state index contributed by atoms with van der Waals surface area (Å²) >= 11 is 0. The van der Waals surface area contributed by atoms with Crippen LogP contribution < -0.4 is 5.32 Å². The Balaban J connectivity index is 2.29. The lowest BCUT2D eigenvalue weighted by Crippen LogP contribution is -2.41. The van der Waals surface area contributed by atoms with E-state index in [1.165, 1.54) is 7.11 Å². The summed E-state index contributed by atoms with van der Waals surface area (Å²) in [5.41, 5.74) is -0.539. The van der Waals surface area contributed by atoms with E-state index in [-0.39, 0.29) is 18.3 Å². The normalized spacial score (nSPS) is 18.0. The van der Waals surface area contributed by atoms with E-state index >= 15 is 0 Å². The summed E-state index contributed by atoms with van der Waals surface area (Å²) in [6, 6.07) is -0.462. The van der Waals surface area contributed by atoms with Crippen LogP contribution in [0.1, 0.15) is 46.5 Å². The molecule has 1 rings (SSSR count). The van der Waals surface area contributed by atoms with Crippen molar-refractivity contribution in [2.75, 3.05) is 20.2 Å². The first-order chi connectivity index (χ1) is 10.2. The molecule has 1 aliphatic rings. The van der Waals surface area contributed by atoms with Crippen molar-refractivity contribution in [1.82, 2.24) is 10.2 Å². The molecular formula is C15H26N2O5. The summed E-state index contributed by atoms with van der Waals surface area (Å²) in [5, 5.41) is 2.61. The Kier molecular flexibility index (Phi) is 6.64. The predicted molar refractivity (Wildman–Crippen MR) is 80.2 cm³/mol. The van der Waals surface area contributed by atoms with Crippen LogP contribution in [0.15, 0.2) is 0 Å². The van der Waals surface area contributed by atoms with Gasteiger partial charge in [-0.05, 0) is 40.0 Å². The highest BCUT2D eigenvalue weighted by Crippen LogP contribution is 2.19. The molecule has 0 radical (unpaired) electrons. The van der Waals surface area contributed by atoms with Crippen LogP contribution in [0, 0.1) is 0 Å². The molecule has 0 aliphatic carbocycles. The molecule has 0 bridgehead atoms. The molecule has 0 unspecified atom stereocenters. The zero-order valence-corrected chi connectivity index (χ0v) is 13.8. The summed E-state index contributed by atoms with van der Waals surface area (Å²) in [6.07, 6.45) is 1.75. The molecule has 0 aromatic heterocycles. The standard InChI is InChI=1S/C15H26N2O5/c1-15(2,3)22-14(20)16-9-5-8-12(18)17-10-6-7-11(17)13(19)21-4/h11H,5-10H2,1-4H3,(H,16,20)/t11-/m0/s1. The molecule has 1 atom stereocenters. The van der Waals surface area contributed by atoms with Gasteiger partial charge in [-0.3, -0.25) is 4.79 Å². The number of carbonyl (C=O) groups excluding carboxylic acids is 3. The second kappa shape index (κ2) is 8.00. The van der Waals surface area contributed by atoms with Crippen LogP contribution in [0.3, 0.4) is 0 Å². The molecule has 1 N–H and O–H groups in total. The minimum Gasteiger partial charge on any atom is -0.467 e.